The lowest BCUT2D eigenvalue weighted by atomic mass is 10.1. The number of hydrogen-bond acceptors (Lipinski definition) is 4. The summed E-state index contributed by atoms with van der Waals surface area (Å²) in [5.74, 6) is 1.34. The fraction of sp³-hybridized carbons (Fsp3) is 0.0741. The zero-order valence-electron chi connectivity index (χ0n) is 18.1. The maximum absolute atomic E-state index is 9.92. The van der Waals surface area contributed by atoms with Crippen molar-refractivity contribution in [2.45, 2.75) is 6.92 Å². The molecule has 0 aliphatic rings. The van der Waals surface area contributed by atoms with Crippen LogP contribution in [-0.2, 0) is 0 Å². The maximum atomic E-state index is 9.92. The Balaban J connectivity index is 1.62. The number of aromatic nitrogens is 4. The summed E-state index contributed by atoms with van der Waals surface area (Å²) >= 11 is 0. The molecule has 0 saturated heterocycles. The number of nitrogens with zero attached hydrogens (tertiary/aromatic N) is 4. The Hall–Kier alpha value is -4.63. The van der Waals surface area contributed by atoms with Crippen LogP contribution in [0.5, 0.6) is 5.75 Å². The molecule has 5 rings (SSSR count). The van der Waals surface area contributed by atoms with Crippen LogP contribution >= 0.6 is 0 Å². The summed E-state index contributed by atoms with van der Waals surface area (Å²) in [4.78, 5) is 7.83. The van der Waals surface area contributed by atoms with E-state index in [9.17, 15) is 5.26 Å². The fourth-order valence-corrected chi connectivity index (χ4v) is 3.70. The van der Waals surface area contributed by atoms with E-state index in [1.165, 1.54) is 0 Å². The minimum absolute atomic E-state index is 0.436. The quantitative estimate of drug-likeness (QED) is 0.341. The van der Waals surface area contributed by atoms with Gasteiger partial charge in [0.1, 0.15) is 17.6 Å². The molecule has 3 aromatic carbocycles. The molecule has 5 aromatic rings. The van der Waals surface area contributed by atoms with Crippen LogP contribution in [0.4, 0.5) is 0 Å². The minimum atomic E-state index is 0.436. The Kier molecular flexibility index (Phi) is 5.44. The van der Waals surface area contributed by atoms with Crippen LogP contribution in [0.15, 0.2) is 85.1 Å². The summed E-state index contributed by atoms with van der Waals surface area (Å²) < 4.78 is 7.40. The van der Waals surface area contributed by atoms with Crippen LogP contribution < -0.4 is 4.74 Å². The van der Waals surface area contributed by atoms with E-state index in [4.69, 9.17) is 9.84 Å². The Morgan fingerprint density at radius 2 is 1.79 bits per heavy atom. The SMILES string of the molecule is CCOc1ccc(-c2nn(-c3ccccc3)cc2/C=C(/C#N)c2nc3ccccc3[nH]2)cc1. The molecule has 0 atom stereocenters. The first-order valence-corrected chi connectivity index (χ1v) is 10.7. The van der Waals surface area contributed by atoms with Crippen molar-refractivity contribution in [3.63, 3.8) is 0 Å². The van der Waals surface area contributed by atoms with Gasteiger partial charge in [0.05, 0.1) is 34.6 Å². The largest absolute Gasteiger partial charge is 0.494 e. The number of para-hydroxylation sites is 3. The van der Waals surface area contributed by atoms with Crippen LogP contribution in [0.25, 0.3) is 39.6 Å². The number of rotatable bonds is 6. The number of aromatic amines is 1. The van der Waals surface area contributed by atoms with E-state index in [1.54, 1.807) is 0 Å². The molecule has 0 unspecified atom stereocenters. The van der Waals surface area contributed by atoms with Crippen molar-refractivity contribution in [1.82, 2.24) is 19.7 Å². The first-order valence-electron chi connectivity index (χ1n) is 10.7. The number of ether oxygens (including phenoxy) is 1. The molecule has 0 amide bonds. The minimum Gasteiger partial charge on any atom is -0.494 e. The van der Waals surface area contributed by atoms with Gasteiger partial charge in [-0.1, -0.05) is 30.3 Å². The van der Waals surface area contributed by atoms with Gasteiger partial charge in [0.15, 0.2) is 0 Å². The number of benzene rings is 3. The fourth-order valence-electron chi connectivity index (χ4n) is 3.70. The summed E-state index contributed by atoms with van der Waals surface area (Å²) in [6.07, 6.45) is 3.76. The Morgan fingerprint density at radius 1 is 1.03 bits per heavy atom. The molecule has 0 radical (unpaired) electrons. The summed E-state index contributed by atoms with van der Waals surface area (Å²) in [6.45, 7) is 2.57. The second-order valence-electron chi connectivity index (χ2n) is 7.44. The van der Waals surface area contributed by atoms with Gasteiger partial charge in [-0.15, -0.1) is 0 Å². The van der Waals surface area contributed by atoms with E-state index in [0.29, 0.717) is 18.0 Å². The molecule has 2 heterocycles. The number of imidazole rings is 1. The van der Waals surface area contributed by atoms with Crippen molar-refractivity contribution in [3.05, 3.63) is 96.4 Å². The molecule has 0 spiro atoms. The topological polar surface area (TPSA) is 79.5 Å². The van der Waals surface area contributed by atoms with Crippen molar-refractivity contribution in [1.29, 1.82) is 5.26 Å². The number of allylic oxidation sites excluding steroid dienone is 1. The van der Waals surface area contributed by atoms with E-state index in [-0.39, 0.29) is 0 Å². The maximum Gasteiger partial charge on any atom is 0.149 e. The van der Waals surface area contributed by atoms with Crippen molar-refractivity contribution in [2.24, 2.45) is 0 Å². The number of nitriles is 1. The van der Waals surface area contributed by atoms with Gasteiger partial charge in [0.25, 0.3) is 0 Å². The Bertz CT molecular complexity index is 1440. The normalized spacial score (nSPS) is 11.5. The molecular formula is C27H21N5O. The Morgan fingerprint density at radius 3 is 2.52 bits per heavy atom. The standard InChI is InChI=1S/C27H21N5O/c1-2-33-23-14-12-19(13-15-23)26-21(18-32(31-26)22-8-4-3-5-9-22)16-20(17-28)27-29-24-10-6-7-11-25(24)30-27/h3-16,18H,2H2,1H3,(H,29,30)/b20-16-. The number of nitrogens with one attached hydrogen (secondary N) is 1. The van der Waals surface area contributed by atoms with E-state index < -0.39 is 0 Å². The molecule has 0 saturated carbocycles. The van der Waals surface area contributed by atoms with Gasteiger partial charge >= 0.3 is 0 Å². The highest BCUT2D eigenvalue weighted by Gasteiger charge is 2.14. The third-order valence-electron chi connectivity index (χ3n) is 5.27. The smallest absolute Gasteiger partial charge is 0.149 e. The van der Waals surface area contributed by atoms with Crippen LogP contribution in [0.3, 0.4) is 0 Å². The molecule has 6 nitrogen and oxygen atoms in total. The number of fused-ring (bicyclic) bond motifs is 1. The van der Waals surface area contributed by atoms with E-state index in [2.05, 4.69) is 16.0 Å². The predicted octanol–water partition coefficient (Wildman–Crippen LogP) is 5.88. The average molecular weight is 431 g/mol. The molecule has 0 aliphatic heterocycles. The van der Waals surface area contributed by atoms with E-state index in [1.807, 2.05) is 103 Å². The second kappa shape index (κ2) is 8.85. The molecule has 33 heavy (non-hydrogen) atoms. The van der Waals surface area contributed by atoms with Crippen LogP contribution in [0.2, 0.25) is 0 Å². The third kappa shape index (κ3) is 4.12. The average Bonchev–Trinajstić information content (AvgIpc) is 3.48. The van der Waals surface area contributed by atoms with Crippen LogP contribution in [0.1, 0.15) is 18.3 Å². The summed E-state index contributed by atoms with van der Waals surface area (Å²) in [7, 11) is 0. The van der Waals surface area contributed by atoms with Gasteiger partial charge in [-0.05, 0) is 61.5 Å². The van der Waals surface area contributed by atoms with Crippen LogP contribution in [0, 0.1) is 11.3 Å². The summed E-state index contributed by atoms with van der Waals surface area (Å²) in [5.41, 5.74) is 5.60. The third-order valence-corrected chi connectivity index (χ3v) is 5.27. The highest BCUT2D eigenvalue weighted by atomic mass is 16.5. The van der Waals surface area contributed by atoms with E-state index >= 15 is 0 Å². The Labute approximate surface area is 191 Å². The van der Waals surface area contributed by atoms with Gasteiger partial charge in [-0.25, -0.2) is 9.67 Å². The van der Waals surface area contributed by atoms with Gasteiger partial charge in [0, 0.05) is 17.3 Å². The lowest BCUT2D eigenvalue weighted by Gasteiger charge is -2.04. The van der Waals surface area contributed by atoms with Gasteiger partial charge in [-0.3, -0.25) is 0 Å². The first kappa shape index (κ1) is 20.3. The molecule has 1 N–H and O–H groups in total. The highest BCUT2D eigenvalue weighted by Crippen LogP contribution is 2.29. The lowest BCUT2D eigenvalue weighted by Crippen LogP contribution is -1.94. The molecule has 160 valence electrons. The summed E-state index contributed by atoms with van der Waals surface area (Å²) in [5, 5.41) is 14.8. The molecule has 6 heteroatoms. The predicted molar refractivity (Wildman–Crippen MR) is 130 cm³/mol. The highest BCUT2D eigenvalue weighted by molar-refractivity contribution is 5.92. The number of H-pyrrole nitrogens is 1. The molecule has 2 aromatic heterocycles. The van der Waals surface area contributed by atoms with Gasteiger partial charge in [-0.2, -0.15) is 10.4 Å². The van der Waals surface area contributed by atoms with Crippen molar-refractivity contribution >= 4 is 22.7 Å². The van der Waals surface area contributed by atoms with Crippen LogP contribution in [-0.4, -0.2) is 26.4 Å². The van der Waals surface area contributed by atoms with Crippen molar-refractivity contribution < 1.29 is 4.74 Å². The van der Waals surface area contributed by atoms with Crippen molar-refractivity contribution in [3.8, 4) is 28.8 Å². The second-order valence-corrected chi connectivity index (χ2v) is 7.44. The molecular weight excluding hydrogens is 410 g/mol. The number of hydrogen-bond donors (Lipinski definition) is 1. The molecule has 0 bridgehead atoms. The monoisotopic (exact) mass is 431 g/mol. The van der Waals surface area contributed by atoms with Crippen molar-refractivity contribution in [2.75, 3.05) is 6.61 Å². The molecule has 0 aliphatic carbocycles. The van der Waals surface area contributed by atoms with E-state index in [0.717, 1.165) is 39.3 Å². The molecule has 0 fully saturated rings. The van der Waals surface area contributed by atoms with Gasteiger partial charge in [0.2, 0.25) is 0 Å². The summed E-state index contributed by atoms with van der Waals surface area (Å²) in [6, 6.07) is 27.7. The van der Waals surface area contributed by atoms with Gasteiger partial charge < -0.3 is 9.72 Å². The first-order chi connectivity index (χ1) is 16.2. The zero-order valence-corrected chi connectivity index (χ0v) is 18.1. The lowest BCUT2D eigenvalue weighted by molar-refractivity contribution is 0.340. The zero-order chi connectivity index (χ0) is 22.6.